The average Bonchev–Trinajstić information content (AvgIpc) is 2.85. The van der Waals surface area contributed by atoms with E-state index in [1.807, 2.05) is 0 Å². The van der Waals surface area contributed by atoms with Crippen LogP contribution in [0.3, 0.4) is 0 Å². The summed E-state index contributed by atoms with van der Waals surface area (Å²) in [4.78, 5) is 0. The molecule has 0 unspecified atom stereocenters. The highest BCUT2D eigenvalue weighted by molar-refractivity contribution is 5.39. The number of rotatable bonds is 3. The lowest BCUT2D eigenvalue weighted by molar-refractivity contribution is 0.356. The molecule has 3 rings (SSSR count). The maximum Gasteiger partial charge on any atom is 0.122 e. The zero-order chi connectivity index (χ0) is 11.5. The van der Waals surface area contributed by atoms with Gasteiger partial charge in [0.25, 0.3) is 0 Å². The lowest BCUT2D eigenvalue weighted by Gasteiger charge is -2.22. The van der Waals surface area contributed by atoms with Crippen molar-refractivity contribution in [3.8, 4) is 5.75 Å². The Morgan fingerprint density at radius 3 is 2.94 bits per heavy atom. The Morgan fingerprint density at radius 2 is 2.06 bits per heavy atom. The molecule has 1 aromatic carbocycles. The van der Waals surface area contributed by atoms with E-state index in [4.69, 9.17) is 4.74 Å². The van der Waals surface area contributed by atoms with E-state index in [0.717, 1.165) is 31.4 Å². The van der Waals surface area contributed by atoms with Crippen molar-refractivity contribution in [1.29, 1.82) is 0 Å². The lowest BCUT2D eigenvalue weighted by Crippen LogP contribution is -2.30. The summed E-state index contributed by atoms with van der Waals surface area (Å²) in [6.45, 7) is 1.87. The molecule has 1 aliphatic carbocycles. The fraction of sp³-hybridized carbons (Fsp3) is 0.600. The van der Waals surface area contributed by atoms with Crippen molar-refractivity contribution < 1.29 is 4.74 Å². The minimum Gasteiger partial charge on any atom is -0.493 e. The molecule has 1 aromatic rings. The van der Waals surface area contributed by atoms with E-state index >= 15 is 0 Å². The first-order valence-electron chi connectivity index (χ1n) is 6.90. The molecule has 1 fully saturated rings. The summed E-state index contributed by atoms with van der Waals surface area (Å²) in [6.07, 6.45) is 8.01. The molecule has 1 N–H and O–H groups in total. The predicted molar refractivity (Wildman–Crippen MR) is 69.4 cm³/mol. The van der Waals surface area contributed by atoms with Gasteiger partial charge in [0, 0.05) is 19.0 Å². The first-order chi connectivity index (χ1) is 8.42. The topological polar surface area (TPSA) is 21.3 Å². The van der Waals surface area contributed by atoms with Crippen LogP contribution in [0.15, 0.2) is 18.2 Å². The van der Waals surface area contributed by atoms with Crippen LogP contribution in [0.4, 0.5) is 0 Å². The van der Waals surface area contributed by atoms with E-state index in [9.17, 15) is 0 Å². The number of hydrogen-bond donors (Lipinski definition) is 1. The first kappa shape index (κ1) is 11.1. The predicted octanol–water partition coefficient (Wildman–Crippen LogP) is 3.04. The van der Waals surface area contributed by atoms with Gasteiger partial charge in [-0.2, -0.15) is 0 Å². The molecule has 0 spiro atoms. The lowest BCUT2D eigenvalue weighted by atomic mass is 9.95. The zero-order valence-corrected chi connectivity index (χ0v) is 10.4. The zero-order valence-electron chi connectivity index (χ0n) is 10.4. The van der Waals surface area contributed by atoms with Crippen LogP contribution in [-0.2, 0) is 13.0 Å². The summed E-state index contributed by atoms with van der Waals surface area (Å²) < 4.78 is 5.53. The number of ether oxygens (including phenoxy) is 1. The Bertz CT molecular complexity index is 383. The Hall–Kier alpha value is -1.02. The van der Waals surface area contributed by atoms with E-state index in [-0.39, 0.29) is 0 Å². The highest BCUT2D eigenvalue weighted by Gasteiger charge is 2.14. The third-order valence-electron chi connectivity index (χ3n) is 3.95. The molecule has 0 radical (unpaired) electrons. The van der Waals surface area contributed by atoms with Gasteiger partial charge >= 0.3 is 0 Å². The summed E-state index contributed by atoms with van der Waals surface area (Å²) >= 11 is 0. The fourth-order valence-corrected chi connectivity index (χ4v) is 2.92. The van der Waals surface area contributed by atoms with Crippen molar-refractivity contribution in [2.24, 2.45) is 0 Å². The molecule has 92 valence electrons. The Labute approximate surface area is 103 Å². The van der Waals surface area contributed by atoms with Gasteiger partial charge in [0.1, 0.15) is 5.75 Å². The van der Waals surface area contributed by atoms with Gasteiger partial charge in [0.2, 0.25) is 0 Å². The molecule has 2 nitrogen and oxygen atoms in total. The molecule has 1 aliphatic heterocycles. The monoisotopic (exact) mass is 231 g/mol. The Balaban J connectivity index is 1.57. The Kier molecular flexibility index (Phi) is 3.32. The third kappa shape index (κ3) is 2.63. The normalized spacial score (nSPS) is 20.0. The minimum atomic E-state index is 0.744. The Morgan fingerprint density at radius 1 is 1.18 bits per heavy atom. The number of benzene rings is 1. The summed E-state index contributed by atoms with van der Waals surface area (Å²) in [5.41, 5.74) is 2.78. The van der Waals surface area contributed by atoms with E-state index in [1.54, 1.807) is 0 Å². The second kappa shape index (κ2) is 5.09. The second-order valence-electron chi connectivity index (χ2n) is 5.26. The molecule has 0 atom stereocenters. The van der Waals surface area contributed by atoms with Gasteiger partial charge < -0.3 is 10.1 Å². The maximum absolute atomic E-state index is 5.53. The summed E-state index contributed by atoms with van der Waals surface area (Å²) in [5.74, 6) is 1.09. The maximum atomic E-state index is 5.53. The molecule has 17 heavy (non-hydrogen) atoms. The largest absolute Gasteiger partial charge is 0.493 e. The van der Waals surface area contributed by atoms with Crippen molar-refractivity contribution in [3.63, 3.8) is 0 Å². The molecule has 0 aromatic heterocycles. The highest BCUT2D eigenvalue weighted by Crippen LogP contribution is 2.26. The molecule has 2 aliphatic rings. The van der Waals surface area contributed by atoms with Crippen LogP contribution >= 0.6 is 0 Å². The van der Waals surface area contributed by atoms with Gasteiger partial charge in [-0.3, -0.25) is 0 Å². The molecule has 0 bridgehead atoms. The van der Waals surface area contributed by atoms with Gasteiger partial charge in [0.05, 0.1) is 6.61 Å². The standard InChI is InChI=1S/C15H21NO/c1-2-4-14(5-3-1)16-11-12-6-7-15-13(10-12)8-9-17-15/h6-7,10,14,16H,1-5,8-9,11H2. The van der Waals surface area contributed by atoms with Crippen LogP contribution in [0.2, 0.25) is 0 Å². The number of fused-ring (bicyclic) bond motifs is 1. The molecule has 1 saturated carbocycles. The number of hydrogen-bond acceptors (Lipinski definition) is 2. The SMILES string of the molecule is c1cc2c(cc1CNC1CCCCC1)CCO2. The molecule has 1 heterocycles. The van der Waals surface area contributed by atoms with Gasteiger partial charge in [-0.1, -0.05) is 31.4 Å². The highest BCUT2D eigenvalue weighted by atomic mass is 16.5. The van der Waals surface area contributed by atoms with Crippen molar-refractivity contribution in [2.75, 3.05) is 6.61 Å². The van der Waals surface area contributed by atoms with Crippen LogP contribution in [0.5, 0.6) is 5.75 Å². The van der Waals surface area contributed by atoms with Gasteiger partial charge in [-0.05, 0) is 30.0 Å². The fourth-order valence-electron chi connectivity index (χ4n) is 2.92. The van der Waals surface area contributed by atoms with Crippen LogP contribution < -0.4 is 10.1 Å². The van der Waals surface area contributed by atoms with Crippen molar-refractivity contribution in [1.82, 2.24) is 5.32 Å². The molecular weight excluding hydrogens is 210 g/mol. The first-order valence-corrected chi connectivity index (χ1v) is 6.90. The van der Waals surface area contributed by atoms with Crippen molar-refractivity contribution in [3.05, 3.63) is 29.3 Å². The van der Waals surface area contributed by atoms with E-state index < -0.39 is 0 Å². The van der Waals surface area contributed by atoms with Gasteiger partial charge in [-0.15, -0.1) is 0 Å². The van der Waals surface area contributed by atoms with E-state index in [0.29, 0.717) is 0 Å². The quantitative estimate of drug-likeness (QED) is 0.863. The minimum absolute atomic E-state index is 0.744. The van der Waals surface area contributed by atoms with Crippen LogP contribution in [0, 0.1) is 0 Å². The van der Waals surface area contributed by atoms with Gasteiger partial charge in [0.15, 0.2) is 0 Å². The molecular formula is C15H21NO. The summed E-state index contributed by atoms with van der Waals surface area (Å²) in [7, 11) is 0. The van der Waals surface area contributed by atoms with Crippen molar-refractivity contribution >= 4 is 0 Å². The average molecular weight is 231 g/mol. The van der Waals surface area contributed by atoms with E-state index in [1.165, 1.54) is 43.2 Å². The van der Waals surface area contributed by atoms with E-state index in [2.05, 4.69) is 23.5 Å². The van der Waals surface area contributed by atoms with Crippen LogP contribution in [0.1, 0.15) is 43.2 Å². The van der Waals surface area contributed by atoms with Crippen LogP contribution in [0.25, 0.3) is 0 Å². The third-order valence-corrected chi connectivity index (χ3v) is 3.95. The molecule has 2 heteroatoms. The molecule has 0 saturated heterocycles. The van der Waals surface area contributed by atoms with Crippen LogP contribution in [-0.4, -0.2) is 12.6 Å². The smallest absolute Gasteiger partial charge is 0.122 e. The van der Waals surface area contributed by atoms with Gasteiger partial charge in [-0.25, -0.2) is 0 Å². The second-order valence-corrected chi connectivity index (χ2v) is 5.26. The number of nitrogens with one attached hydrogen (secondary N) is 1. The summed E-state index contributed by atoms with van der Waals surface area (Å²) in [5, 5.41) is 3.69. The summed E-state index contributed by atoms with van der Waals surface area (Å²) in [6, 6.07) is 7.37. The van der Waals surface area contributed by atoms with Crippen molar-refractivity contribution in [2.45, 2.75) is 51.1 Å². The molecule has 0 amide bonds.